The summed E-state index contributed by atoms with van der Waals surface area (Å²) in [6.45, 7) is 0. The van der Waals surface area contributed by atoms with E-state index in [-0.39, 0.29) is 11.1 Å². The van der Waals surface area contributed by atoms with Crippen molar-refractivity contribution in [2.75, 3.05) is 0 Å². The third-order valence-corrected chi connectivity index (χ3v) is 8.02. The van der Waals surface area contributed by atoms with E-state index in [1.807, 2.05) is 36.4 Å². The van der Waals surface area contributed by atoms with E-state index in [1.54, 1.807) is 36.4 Å². The lowest BCUT2D eigenvalue weighted by Crippen LogP contribution is -2.04. The lowest BCUT2D eigenvalue weighted by molar-refractivity contribution is -0.138. The van der Waals surface area contributed by atoms with E-state index in [2.05, 4.69) is 0 Å². The van der Waals surface area contributed by atoms with Crippen molar-refractivity contribution in [3.05, 3.63) is 130 Å². The second kappa shape index (κ2) is 11.2. The zero-order valence-corrected chi connectivity index (χ0v) is 24.4. The van der Waals surface area contributed by atoms with Crippen molar-refractivity contribution < 1.29 is 35.2 Å². The highest BCUT2D eigenvalue weighted by Crippen LogP contribution is 2.38. The predicted octanol–water partition coefficient (Wildman–Crippen LogP) is 11.7. The average molecular weight is 649 g/mol. The summed E-state index contributed by atoms with van der Waals surface area (Å²) in [5.74, 6) is 0. The first-order valence-electron chi connectivity index (χ1n) is 14.3. The quantitative estimate of drug-likeness (QED) is 0.108. The molecule has 0 aliphatic carbocycles. The van der Waals surface area contributed by atoms with E-state index in [9.17, 15) is 36.9 Å². The monoisotopic (exact) mass is 648 g/mol. The zero-order valence-electron chi connectivity index (χ0n) is 24.4. The van der Waals surface area contributed by atoms with Crippen molar-refractivity contribution in [2.45, 2.75) is 12.4 Å². The summed E-state index contributed by atoms with van der Waals surface area (Å²) in [5, 5.41) is 22.5. The van der Waals surface area contributed by atoms with E-state index in [1.165, 1.54) is 24.3 Å². The van der Waals surface area contributed by atoms with Crippen LogP contribution >= 0.6 is 0 Å². The first kappa shape index (κ1) is 30.4. The van der Waals surface area contributed by atoms with Gasteiger partial charge in [0.05, 0.1) is 34.4 Å². The van der Waals surface area contributed by atoms with E-state index >= 15 is 0 Å². The van der Waals surface area contributed by atoms with Gasteiger partial charge >= 0.3 is 12.4 Å². The molecule has 0 saturated carbocycles. The molecule has 234 valence electrons. The van der Waals surface area contributed by atoms with Crippen LogP contribution < -0.4 is 0 Å². The molecule has 2 aromatic heterocycles. The van der Waals surface area contributed by atoms with Gasteiger partial charge in [-0.25, -0.2) is 0 Å². The molecule has 0 bridgehead atoms. The summed E-state index contributed by atoms with van der Waals surface area (Å²) in [6.07, 6.45) is -5.79. The molecule has 7 rings (SSSR count). The molecule has 7 aromatic rings. The summed E-state index contributed by atoms with van der Waals surface area (Å²) in [6, 6.07) is 27.3. The molecule has 0 amide bonds. The Morgan fingerprint density at radius 1 is 0.479 bits per heavy atom. The number of hydrogen-bond acceptors (Lipinski definition) is 4. The van der Waals surface area contributed by atoms with Crippen LogP contribution in [0.3, 0.4) is 0 Å². The molecule has 2 heterocycles. The van der Waals surface area contributed by atoms with Gasteiger partial charge in [0.2, 0.25) is 0 Å². The SMILES string of the molecule is N#C/C(=C\c1ccc2c(c1)oc1cc3c(cc12)oc1cc(/C=C(\C#N)c2ccc(C(F)(F)F)cc2)ccc13)c1ccc(C(F)(F)F)cc1. The Labute approximate surface area is 267 Å². The van der Waals surface area contributed by atoms with Gasteiger partial charge < -0.3 is 8.83 Å². The summed E-state index contributed by atoms with van der Waals surface area (Å²) >= 11 is 0. The van der Waals surface area contributed by atoms with E-state index in [4.69, 9.17) is 8.83 Å². The molecule has 48 heavy (non-hydrogen) atoms. The molecular formula is C38H18F6N2O2. The third-order valence-electron chi connectivity index (χ3n) is 8.02. The molecule has 0 radical (unpaired) electrons. The number of hydrogen-bond donors (Lipinski definition) is 0. The molecule has 10 heteroatoms. The molecule has 0 fully saturated rings. The van der Waals surface area contributed by atoms with Gasteiger partial charge in [0.25, 0.3) is 0 Å². The second-order valence-corrected chi connectivity index (χ2v) is 11.0. The van der Waals surface area contributed by atoms with Crippen LogP contribution in [0.2, 0.25) is 0 Å². The normalized spacial score (nSPS) is 13.0. The molecule has 0 N–H and O–H groups in total. The van der Waals surface area contributed by atoms with Gasteiger partial charge in [-0.2, -0.15) is 36.9 Å². The Bertz CT molecular complexity index is 2360. The van der Waals surface area contributed by atoms with Crippen LogP contribution in [-0.2, 0) is 12.4 Å². The number of allylic oxidation sites excluding steroid dienone is 2. The van der Waals surface area contributed by atoms with Crippen LogP contribution in [-0.4, -0.2) is 0 Å². The van der Waals surface area contributed by atoms with Crippen molar-refractivity contribution >= 4 is 67.2 Å². The fraction of sp³-hybridized carbons (Fsp3) is 0.0526. The van der Waals surface area contributed by atoms with Crippen molar-refractivity contribution in [1.29, 1.82) is 10.5 Å². The van der Waals surface area contributed by atoms with Gasteiger partial charge in [-0.3, -0.25) is 0 Å². The fourth-order valence-electron chi connectivity index (χ4n) is 5.63. The van der Waals surface area contributed by atoms with E-state index < -0.39 is 23.5 Å². The molecule has 5 aromatic carbocycles. The summed E-state index contributed by atoms with van der Waals surface area (Å²) in [4.78, 5) is 0. The molecule has 0 spiro atoms. The summed E-state index contributed by atoms with van der Waals surface area (Å²) < 4.78 is 90.1. The molecule has 0 atom stereocenters. The second-order valence-electron chi connectivity index (χ2n) is 11.0. The maximum atomic E-state index is 13.0. The van der Waals surface area contributed by atoms with Gasteiger partial charge in [-0.1, -0.05) is 36.4 Å². The number of halogens is 6. The summed E-state index contributed by atoms with van der Waals surface area (Å²) in [5.41, 5.74) is 3.00. The molecule has 4 nitrogen and oxygen atoms in total. The van der Waals surface area contributed by atoms with Gasteiger partial charge in [0.1, 0.15) is 22.3 Å². The van der Waals surface area contributed by atoms with E-state index in [0.717, 1.165) is 45.8 Å². The maximum Gasteiger partial charge on any atom is 0.416 e. The third kappa shape index (κ3) is 5.54. The largest absolute Gasteiger partial charge is 0.456 e. The Hall–Kier alpha value is -6.26. The predicted molar refractivity (Wildman–Crippen MR) is 171 cm³/mol. The minimum atomic E-state index is -4.47. The highest BCUT2D eigenvalue weighted by Gasteiger charge is 2.31. The summed E-state index contributed by atoms with van der Waals surface area (Å²) in [7, 11) is 0. The smallest absolute Gasteiger partial charge is 0.416 e. The highest BCUT2D eigenvalue weighted by atomic mass is 19.4. The first-order chi connectivity index (χ1) is 22.9. The number of nitrogens with zero attached hydrogens (tertiary/aromatic N) is 2. The highest BCUT2D eigenvalue weighted by molar-refractivity contribution is 6.15. The van der Waals surface area contributed by atoms with Crippen LogP contribution in [0, 0.1) is 22.7 Å². The minimum Gasteiger partial charge on any atom is -0.456 e. The Morgan fingerprint density at radius 2 is 0.833 bits per heavy atom. The van der Waals surface area contributed by atoms with Crippen LogP contribution in [0.5, 0.6) is 0 Å². The number of furan rings is 2. The van der Waals surface area contributed by atoms with Crippen molar-refractivity contribution in [1.82, 2.24) is 0 Å². The Morgan fingerprint density at radius 3 is 1.17 bits per heavy atom. The van der Waals surface area contributed by atoms with Crippen molar-refractivity contribution in [3.63, 3.8) is 0 Å². The molecule has 0 unspecified atom stereocenters. The number of fused-ring (bicyclic) bond motifs is 6. The van der Waals surface area contributed by atoms with Crippen LogP contribution in [0.1, 0.15) is 33.4 Å². The van der Waals surface area contributed by atoms with Gasteiger partial charge in [0.15, 0.2) is 0 Å². The van der Waals surface area contributed by atoms with Crippen molar-refractivity contribution in [2.24, 2.45) is 0 Å². The standard InChI is InChI=1S/C38H18F6N2O2/c39-37(40,41)27-7-3-23(4-8-27)25(19-45)13-21-1-11-29-31-17-36-32(18-35(31)47-33(29)15-21)30-12-2-22(16-34(30)48-36)14-26(20-46)24-5-9-28(10-6-24)38(42,43)44/h1-18H/b25-13+,26-14+. The number of alkyl halides is 6. The van der Waals surface area contributed by atoms with Gasteiger partial charge in [-0.15, -0.1) is 0 Å². The Kier molecular flexibility index (Phi) is 7.10. The van der Waals surface area contributed by atoms with Gasteiger partial charge in [0, 0.05) is 21.5 Å². The molecular weight excluding hydrogens is 630 g/mol. The van der Waals surface area contributed by atoms with Crippen LogP contribution in [0.15, 0.2) is 106 Å². The average Bonchev–Trinajstić information content (AvgIpc) is 3.60. The number of benzene rings is 5. The lowest BCUT2D eigenvalue weighted by Gasteiger charge is -2.07. The topological polar surface area (TPSA) is 73.9 Å². The fourth-order valence-corrected chi connectivity index (χ4v) is 5.63. The van der Waals surface area contributed by atoms with Crippen molar-refractivity contribution in [3.8, 4) is 12.1 Å². The minimum absolute atomic E-state index is 0.193. The van der Waals surface area contributed by atoms with E-state index in [0.29, 0.717) is 44.6 Å². The Balaban J connectivity index is 1.22. The molecule has 0 aliphatic heterocycles. The van der Waals surface area contributed by atoms with Crippen LogP contribution in [0.4, 0.5) is 26.3 Å². The number of rotatable bonds is 4. The lowest BCUT2D eigenvalue weighted by atomic mass is 10.0. The van der Waals surface area contributed by atoms with Crippen LogP contribution in [0.25, 0.3) is 67.2 Å². The van der Waals surface area contributed by atoms with Gasteiger partial charge in [-0.05, 0) is 95.1 Å². The zero-order chi connectivity index (χ0) is 33.8. The first-order valence-corrected chi connectivity index (χ1v) is 14.3. The molecule has 0 saturated heterocycles. The molecule has 0 aliphatic rings. The number of nitriles is 2. The maximum absolute atomic E-state index is 13.0.